The second kappa shape index (κ2) is 10.2. The summed E-state index contributed by atoms with van der Waals surface area (Å²) in [5.74, 6) is 1.33. The summed E-state index contributed by atoms with van der Waals surface area (Å²) in [6.45, 7) is 6.38. The number of nitrogens with zero attached hydrogens (tertiary/aromatic N) is 4. The number of nitrogens with one attached hydrogen (secondary N) is 1. The summed E-state index contributed by atoms with van der Waals surface area (Å²) in [5, 5.41) is 2.98. The summed E-state index contributed by atoms with van der Waals surface area (Å²) in [6, 6.07) is 14.4. The first kappa shape index (κ1) is 23.0. The maximum atomic E-state index is 13.7. The van der Waals surface area contributed by atoms with Crippen molar-refractivity contribution in [2.75, 3.05) is 42.7 Å². The van der Waals surface area contributed by atoms with E-state index in [1.807, 2.05) is 55.3 Å². The smallest absolute Gasteiger partial charge is 0.321 e. The van der Waals surface area contributed by atoms with E-state index in [1.165, 1.54) is 6.07 Å². The number of carbonyl (C=O) groups excluding carboxylic acids is 1. The van der Waals surface area contributed by atoms with E-state index in [-0.39, 0.29) is 11.8 Å². The molecule has 2 amide bonds. The maximum Gasteiger partial charge on any atom is 0.321 e. The Labute approximate surface area is 198 Å². The molecule has 1 aliphatic rings. The second-order valence-corrected chi connectivity index (χ2v) is 8.98. The van der Waals surface area contributed by atoms with Gasteiger partial charge in [0.25, 0.3) is 0 Å². The SMILES string of the molecule is CSc1ccc(NC(=O)N2CCN(c3nc(C)nc(C)c3Cc3cccc(F)c3)CC2)cc1. The van der Waals surface area contributed by atoms with E-state index in [0.717, 1.165) is 33.2 Å². The molecule has 33 heavy (non-hydrogen) atoms. The number of rotatable bonds is 5. The minimum atomic E-state index is -0.248. The number of piperazine rings is 1. The number of halogens is 1. The van der Waals surface area contributed by atoms with Gasteiger partial charge in [0.1, 0.15) is 17.5 Å². The maximum absolute atomic E-state index is 13.7. The van der Waals surface area contributed by atoms with Gasteiger partial charge in [0.2, 0.25) is 0 Å². The van der Waals surface area contributed by atoms with E-state index >= 15 is 0 Å². The topological polar surface area (TPSA) is 61.4 Å². The minimum Gasteiger partial charge on any atom is -0.353 e. The molecule has 1 aromatic heterocycles. The highest BCUT2D eigenvalue weighted by Gasteiger charge is 2.25. The third kappa shape index (κ3) is 5.63. The van der Waals surface area contributed by atoms with Crippen molar-refractivity contribution in [1.82, 2.24) is 14.9 Å². The Hall–Kier alpha value is -3.13. The van der Waals surface area contributed by atoms with Gasteiger partial charge in [-0.15, -0.1) is 11.8 Å². The third-order valence-corrected chi connectivity index (χ3v) is 6.53. The van der Waals surface area contributed by atoms with Crippen molar-refractivity contribution in [2.24, 2.45) is 0 Å². The summed E-state index contributed by atoms with van der Waals surface area (Å²) in [7, 11) is 0. The Morgan fingerprint density at radius 2 is 1.79 bits per heavy atom. The van der Waals surface area contributed by atoms with Gasteiger partial charge in [0.15, 0.2) is 0 Å². The fourth-order valence-electron chi connectivity index (χ4n) is 4.04. The molecule has 0 saturated carbocycles. The lowest BCUT2D eigenvalue weighted by Crippen LogP contribution is -2.50. The number of aromatic nitrogens is 2. The summed E-state index contributed by atoms with van der Waals surface area (Å²) in [5.41, 5.74) is 3.57. The van der Waals surface area contributed by atoms with E-state index in [9.17, 15) is 9.18 Å². The first-order chi connectivity index (χ1) is 15.9. The molecule has 1 fully saturated rings. The first-order valence-corrected chi connectivity index (χ1v) is 12.2. The van der Waals surface area contributed by atoms with Crippen LogP contribution in [0.25, 0.3) is 0 Å². The summed E-state index contributed by atoms with van der Waals surface area (Å²) in [6.07, 6.45) is 2.59. The molecule has 1 N–H and O–H groups in total. The molecule has 8 heteroatoms. The average molecular weight is 466 g/mol. The largest absolute Gasteiger partial charge is 0.353 e. The van der Waals surface area contributed by atoms with Crippen molar-refractivity contribution in [1.29, 1.82) is 0 Å². The Morgan fingerprint density at radius 1 is 1.06 bits per heavy atom. The van der Waals surface area contributed by atoms with Crippen LogP contribution >= 0.6 is 11.8 Å². The molecular weight excluding hydrogens is 437 g/mol. The van der Waals surface area contributed by atoms with Crippen molar-refractivity contribution in [3.05, 3.63) is 77.0 Å². The predicted octanol–water partition coefficient (Wildman–Crippen LogP) is 4.90. The monoisotopic (exact) mass is 465 g/mol. The van der Waals surface area contributed by atoms with Crippen LogP contribution in [0.1, 0.15) is 22.6 Å². The lowest BCUT2D eigenvalue weighted by molar-refractivity contribution is 0.208. The van der Waals surface area contributed by atoms with Crippen molar-refractivity contribution >= 4 is 29.3 Å². The molecule has 1 aliphatic heterocycles. The number of hydrogen-bond donors (Lipinski definition) is 1. The van der Waals surface area contributed by atoms with E-state index in [2.05, 4.69) is 15.2 Å². The van der Waals surface area contributed by atoms with Crippen LogP contribution in [0.4, 0.5) is 20.7 Å². The molecule has 0 bridgehead atoms. The number of hydrogen-bond acceptors (Lipinski definition) is 5. The fraction of sp³-hybridized carbons (Fsp3) is 0.320. The average Bonchev–Trinajstić information content (AvgIpc) is 2.81. The van der Waals surface area contributed by atoms with Gasteiger partial charge in [-0.1, -0.05) is 12.1 Å². The van der Waals surface area contributed by atoms with Gasteiger partial charge >= 0.3 is 6.03 Å². The molecule has 0 aliphatic carbocycles. The van der Waals surface area contributed by atoms with Crippen LogP contribution in [0.15, 0.2) is 53.4 Å². The van der Waals surface area contributed by atoms with E-state index in [4.69, 9.17) is 4.98 Å². The third-order valence-electron chi connectivity index (χ3n) is 5.78. The van der Waals surface area contributed by atoms with Gasteiger partial charge in [0.05, 0.1) is 0 Å². The summed E-state index contributed by atoms with van der Waals surface area (Å²) >= 11 is 1.67. The lowest BCUT2D eigenvalue weighted by Gasteiger charge is -2.36. The number of benzene rings is 2. The second-order valence-electron chi connectivity index (χ2n) is 8.10. The van der Waals surface area contributed by atoms with Crippen molar-refractivity contribution in [3.63, 3.8) is 0 Å². The Morgan fingerprint density at radius 3 is 2.45 bits per heavy atom. The highest BCUT2D eigenvalue weighted by molar-refractivity contribution is 7.98. The summed E-state index contributed by atoms with van der Waals surface area (Å²) < 4.78 is 13.7. The minimum absolute atomic E-state index is 0.0958. The molecule has 1 saturated heterocycles. The van der Waals surface area contributed by atoms with Crippen LogP contribution < -0.4 is 10.2 Å². The van der Waals surface area contributed by atoms with Crippen molar-refractivity contribution in [2.45, 2.75) is 25.2 Å². The Balaban J connectivity index is 1.45. The van der Waals surface area contributed by atoms with Gasteiger partial charge in [-0.2, -0.15) is 0 Å². The van der Waals surface area contributed by atoms with Crippen LogP contribution in [0.3, 0.4) is 0 Å². The van der Waals surface area contributed by atoms with Crippen LogP contribution in [0, 0.1) is 19.7 Å². The quantitative estimate of drug-likeness (QED) is 0.543. The number of anilines is 2. The van der Waals surface area contributed by atoms with Crippen LogP contribution in [-0.4, -0.2) is 53.3 Å². The number of urea groups is 1. The van der Waals surface area contributed by atoms with Crippen LogP contribution in [0.5, 0.6) is 0 Å². The molecule has 4 rings (SSSR count). The number of aryl methyl sites for hydroxylation is 2. The van der Waals surface area contributed by atoms with Gasteiger partial charge in [-0.05, 0) is 62.1 Å². The molecule has 0 unspecified atom stereocenters. The zero-order valence-electron chi connectivity index (χ0n) is 19.1. The first-order valence-electron chi connectivity index (χ1n) is 11.0. The summed E-state index contributed by atoms with van der Waals surface area (Å²) in [4.78, 5) is 27.2. The lowest BCUT2D eigenvalue weighted by atomic mass is 10.0. The Kier molecular flexibility index (Phi) is 7.13. The molecule has 172 valence electrons. The molecule has 0 atom stereocenters. The predicted molar refractivity (Wildman–Crippen MR) is 132 cm³/mol. The van der Waals surface area contributed by atoms with Gasteiger partial charge in [-0.25, -0.2) is 19.2 Å². The zero-order valence-corrected chi connectivity index (χ0v) is 20.0. The highest BCUT2D eigenvalue weighted by atomic mass is 32.2. The van der Waals surface area contributed by atoms with E-state index in [0.29, 0.717) is 38.4 Å². The van der Waals surface area contributed by atoms with Gasteiger partial charge in [0, 0.05) is 54.4 Å². The van der Waals surface area contributed by atoms with Crippen LogP contribution in [-0.2, 0) is 6.42 Å². The van der Waals surface area contributed by atoms with Crippen molar-refractivity contribution in [3.8, 4) is 0 Å². The molecular formula is C25H28FN5OS. The Bertz CT molecular complexity index is 1130. The molecule has 2 heterocycles. The fourth-order valence-corrected chi connectivity index (χ4v) is 4.44. The molecule has 6 nitrogen and oxygen atoms in total. The standard InChI is InChI=1S/C25H28FN5OS/c1-17-23(16-19-5-4-6-20(26)15-19)24(28-18(2)27-17)30-11-13-31(14-12-30)25(32)29-21-7-9-22(33-3)10-8-21/h4-10,15H,11-14,16H2,1-3H3,(H,29,32). The van der Waals surface area contributed by atoms with Gasteiger partial charge in [-0.3, -0.25) is 0 Å². The number of thioether (sulfide) groups is 1. The molecule has 0 spiro atoms. The highest BCUT2D eigenvalue weighted by Crippen LogP contribution is 2.26. The normalized spacial score (nSPS) is 13.8. The van der Waals surface area contributed by atoms with Crippen molar-refractivity contribution < 1.29 is 9.18 Å². The number of carbonyl (C=O) groups is 1. The molecule has 2 aromatic carbocycles. The van der Waals surface area contributed by atoms with Gasteiger partial charge < -0.3 is 15.1 Å². The van der Waals surface area contributed by atoms with Crippen LogP contribution in [0.2, 0.25) is 0 Å². The van der Waals surface area contributed by atoms with E-state index < -0.39 is 0 Å². The van der Waals surface area contributed by atoms with E-state index in [1.54, 1.807) is 23.9 Å². The molecule has 3 aromatic rings. The molecule has 0 radical (unpaired) electrons. The number of amides is 2. The zero-order chi connectivity index (χ0) is 23.4.